The topological polar surface area (TPSA) is 98.1 Å². The fraction of sp³-hybridized carbons (Fsp3) is 0.200. The van der Waals surface area contributed by atoms with Crippen molar-refractivity contribution in [2.75, 3.05) is 5.32 Å². The number of amides is 2. The van der Waals surface area contributed by atoms with Crippen LogP contribution in [0, 0.1) is 6.92 Å². The summed E-state index contributed by atoms with van der Waals surface area (Å²) < 4.78 is 7.30. The van der Waals surface area contributed by atoms with Crippen LogP contribution in [-0.4, -0.2) is 26.6 Å². The lowest BCUT2D eigenvalue weighted by atomic mass is 10.2. The van der Waals surface area contributed by atoms with Crippen LogP contribution in [0.2, 0.25) is 0 Å². The number of ether oxygens (including phenoxy) is 1. The van der Waals surface area contributed by atoms with E-state index in [0.717, 1.165) is 16.3 Å². The van der Waals surface area contributed by atoms with E-state index in [-0.39, 0.29) is 24.8 Å². The van der Waals surface area contributed by atoms with Crippen LogP contribution in [0.15, 0.2) is 72.4 Å². The molecule has 0 atom stereocenters. The van der Waals surface area contributed by atoms with Gasteiger partial charge in [-0.1, -0.05) is 29.8 Å². The van der Waals surface area contributed by atoms with Gasteiger partial charge in [0.15, 0.2) is 0 Å². The summed E-state index contributed by atoms with van der Waals surface area (Å²) in [6.07, 6.45) is 3.55. The fourth-order valence-electron chi connectivity index (χ4n) is 3.20. The Morgan fingerprint density at radius 3 is 2.74 bits per heavy atom. The Morgan fingerprint density at radius 1 is 1.09 bits per heavy atom. The summed E-state index contributed by atoms with van der Waals surface area (Å²) in [5, 5.41) is 12.5. The number of rotatable bonds is 10. The number of carbonyl (C=O) groups excluding carboxylic acids is 2. The number of thiazole rings is 1. The maximum absolute atomic E-state index is 12.4. The van der Waals surface area contributed by atoms with Crippen LogP contribution in [0.25, 0.3) is 0 Å². The third-order valence-electron chi connectivity index (χ3n) is 4.89. The predicted octanol–water partition coefficient (Wildman–Crippen LogP) is 3.72. The van der Waals surface area contributed by atoms with Crippen LogP contribution in [0.5, 0.6) is 5.75 Å². The Hall–Kier alpha value is -3.98. The minimum absolute atomic E-state index is 0.121. The zero-order valence-corrected chi connectivity index (χ0v) is 19.5. The van der Waals surface area contributed by atoms with Gasteiger partial charge in [-0.3, -0.25) is 14.3 Å². The van der Waals surface area contributed by atoms with Crippen LogP contribution in [0.1, 0.15) is 21.8 Å². The summed E-state index contributed by atoms with van der Waals surface area (Å²) in [5.41, 5.74) is 3.44. The van der Waals surface area contributed by atoms with E-state index in [2.05, 4.69) is 20.7 Å². The molecular weight excluding hydrogens is 450 g/mol. The molecule has 4 rings (SSSR count). The molecule has 34 heavy (non-hydrogen) atoms. The van der Waals surface area contributed by atoms with Gasteiger partial charge in [0.25, 0.3) is 0 Å². The Balaban J connectivity index is 1.22. The van der Waals surface area contributed by atoms with Gasteiger partial charge in [0, 0.05) is 30.0 Å². The molecule has 0 saturated carbocycles. The van der Waals surface area contributed by atoms with E-state index in [1.807, 2.05) is 60.8 Å². The number of benzene rings is 2. The van der Waals surface area contributed by atoms with Crippen LogP contribution in [0.4, 0.5) is 5.69 Å². The molecule has 2 heterocycles. The molecule has 4 aromatic rings. The van der Waals surface area contributed by atoms with Gasteiger partial charge >= 0.3 is 0 Å². The highest BCUT2D eigenvalue weighted by atomic mass is 32.1. The summed E-state index contributed by atoms with van der Waals surface area (Å²) in [7, 11) is 0. The summed E-state index contributed by atoms with van der Waals surface area (Å²) in [6, 6.07) is 17.0. The molecule has 0 saturated heterocycles. The van der Waals surface area contributed by atoms with Gasteiger partial charge in [0.1, 0.15) is 23.9 Å². The first-order chi connectivity index (χ1) is 16.5. The van der Waals surface area contributed by atoms with Gasteiger partial charge in [0.05, 0.1) is 12.1 Å². The highest BCUT2D eigenvalue weighted by Gasteiger charge is 2.09. The van der Waals surface area contributed by atoms with E-state index in [1.165, 1.54) is 16.9 Å². The van der Waals surface area contributed by atoms with Crippen molar-refractivity contribution in [3.05, 3.63) is 94.2 Å². The molecular formula is C25H25N5O3S. The molecule has 2 aromatic heterocycles. The third kappa shape index (κ3) is 7.01. The molecule has 2 aromatic carbocycles. The lowest BCUT2D eigenvalue weighted by molar-refractivity contribution is -0.120. The van der Waals surface area contributed by atoms with Crippen molar-refractivity contribution in [2.24, 2.45) is 0 Å². The fourth-order valence-corrected chi connectivity index (χ4v) is 3.91. The van der Waals surface area contributed by atoms with E-state index < -0.39 is 0 Å². The Morgan fingerprint density at radius 2 is 1.94 bits per heavy atom. The second-order valence-electron chi connectivity index (χ2n) is 7.74. The normalized spacial score (nSPS) is 10.6. The molecule has 0 aliphatic heterocycles. The van der Waals surface area contributed by atoms with Crippen LogP contribution in [0.3, 0.4) is 0 Å². The molecule has 0 aliphatic carbocycles. The first-order valence-electron chi connectivity index (χ1n) is 10.8. The van der Waals surface area contributed by atoms with Crippen molar-refractivity contribution in [3.63, 3.8) is 0 Å². The van der Waals surface area contributed by atoms with Gasteiger partial charge in [0.2, 0.25) is 11.8 Å². The number of aryl methyl sites for hydroxylation is 1. The number of hydrogen-bond donors (Lipinski definition) is 2. The molecule has 8 nitrogen and oxygen atoms in total. The third-order valence-corrected chi connectivity index (χ3v) is 5.76. The van der Waals surface area contributed by atoms with Crippen molar-refractivity contribution in [1.29, 1.82) is 0 Å². The van der Waals surface area contributed by atoms with Crippen molar-refractivity contribution in [3.8, 4) is 5.75 Å². The van der Waals surface area contributed by atoms with Gasteiger partial charge in [-0.05, 0) is 42.8 Å². The van der Waals surface area contributed by atoms with Crippen LogP contribution >= 0.6 is 11.3 Å². The number of carbonyl (C=O) groups is 2. The standard InChI is InChI=1S/C25H25N5O3S/c1-18-6-8-22(9-7-18)33-16-25-29-21(17-34-25)13-23(31)26-14-19-4-2-5-20(12-19)28-24(32)15-30-11-3-10-27-30/h2-12,17H,13-16H2,1H3,(H,26,31)(H,28,32). The Labute approximate surface area is 201 Å². The highest BCUT2D eigenvalue weighted by Crippen LogP contribution is 2.16. The second kappa shape index (κ2) is 11.2. The Kier molecular flexibility index (Phi) is 7.67. The second-order valence-corrected chi connectivity index (χ2v) is 8.68. The highest BCUT2D eigenvalue weighted by molar-refractivity contribution is 7.09. The summed E-state index contributed by atoms with van der Waals surface area (Å²) >= 11 is 1.47. The molecule has 0 aliphatic rings. The van der Waals surface area contributed by atoms with Gasteiger partial charge < -0.3 is 15.4 Å². The molecule has 9 heteroatoms. The minimum atomic E-state index is -0.171. The van der Waals surface area contributed by atoms with E-state index >= 15 is 0 Å². The lowest BCUT2D eigenvalue weighted by Crippen LogP contribution is -2.25. The molecule has 2 N–H and O–H groups in total. The molecule has 0 radical (unpaired) electrons. The SMILES string of the molecule is Cc1ccc(OCc2nc(CC(=O)NCc3cccc(NC(=O)Cn4cccn4)c3)cs2)cc1. The summed E-state index contributed by atoms with van der Waals surface area (Å²) in [4.78, 5) is 29.0. The average Bonchev–Trinajstić information content (AvgIpc) is 3.50. The zero-order chi connectivity index (χ0) is 23.8. The molecule has 174 valence electrons. The molecule has 2 amide bonds. The molecule has 0 spiro atoms. The largest absolute Gasteiger partial charge is 0.486 e. The van der Waals surface area contributed by atoms with E-state index in [1.54, 1.807) is 23.1 Å². The number of nitrogens with one attached hydrogen (secondary N) is 2. The van der Waals surface area contributed by atoms with E-state index in [0.29, 0.717) is 24.5 Å². The van der Waals surface area contributed by atoms with Crippen LogP contribution < -0.4 is 15.4 Å². The van der Waals surface area contributed by atoms with Crippen molar-refractivity contribution in [1.82, 2.24) is 20.1 Å². The van der Waals surface area contributed by atoms with Gasteiger partial charge in [-0.2, -0.15) is 5.10 Å². The summed E-state index contributed by atoms with van der Waals surface area (Å²) in [5.74, 6) is 0.500. The number of anilines is 1. The molecule has 0 fully saturated rings. The zero-order valence-electron chi connectivity index (χ0n) is 18.7. The number of hydrogen-bond acceptors (Lipinski definition) is 6. The Bertz CT molecular complexity index is 1240. The van der Waals surface area contributed by atoms with Gasteiger partial charge in [-0.25, -0.2) is 4.98 Å². The van der Waals surface area contributed by atoms with Crippen molar-refractivity contribution in [2.45, 2.75) is 33.0 Å². The smallest absolute Gasteiger partial charge is 0.246 e. The van der Waals surface area contributed by atoms with E-state index in [4.69, 9.17) is 4.74 Å². The van der Waals surface area contributed by atoms with Crippen molar-refractivity contribution >= 4 is 28.8 Å². The maximum atomic E-state index is 12.4. The quantitative estimate of drug-likeness (QED) is 0.364. The monoisotopic (exact) mass is 475 g/mol. The van der Waals surface area contributed by atoms with Crippen LogP contribution in [-0.2, 0) is 35.7 Å². The number of nitrogens with zero attached hydrogens (tertiary/aromatic N) is 3. The maximum Gasteiger partial charge on any atom is 0.246 e. The average molecular weight is 476 g/mol. The molecule has 0 bridgehead atoms. The first-order valence-corrected chi connectivity index (χ1v) is 11.7. The number of aromatic nitrogens is 3. The summed E-state index contributed by atoms with van der Waals surface area (Å²) in [6.45, 7) is 2.89. The lowest BCUT2D eigenvalue weighted by Gasteiger charge is -2.09. The van der Waals surface area contributed by atoms with Crippen molar-refractivity contribution < 1.29 is 14.3 Å². The van der Waals surface area contributed by atoms with E-state index in [9.17, 15) is 9.59 Å². The molecule has 0 unspecified atom stereocenters. The minimum Gasteiger partial charge on any atom is -0.486 e. The first kappa shape index (κ1) is 23.2. The van der Waals surface area contributed by atoms with Gasteiger partial charge in [-0.15, -0.1) is 11.3 Å². The predicted molar refractivity (Wildman–Crippen MR) is 130 cm³/mol.